The number of anilines is 1. The molecule has 0 saturated carbocycles. The Morgan fingerprint density at radius 3 is 2.56 bits per heavy atom. The number of carbonyl (C=O) groups excluding carboxylic acids is 1. The summed E-state index contributed by atoms with van der Waals surface area (Å²) < 4.78 is 21.2. The molecule has 2 aromatic rings. The summed E-state index contributed by atoms with van der Waals surface area (Å²) in [6.45, 7) is 8.01. The third-order valence-corrected chi connectivity index (χ3v) is 6.43. The van der Waals surface area contributed by atoms with Crippen LogP contribution in [0.15, 0.2) is 35.9 Å². The number of nitriles is 1. The zero-order chi connectivity index (χ0) is 22.7. The quantitative estimate of drug-likeness (QED) is 0.530. The molecule has 3 heterocycles. The van der Waals surface area contributed by atoms with Crippen LogP contribution in [0.4, 0.5) is 10.1 Å². The number of ether oxygens (including phenoxy) is 1. The maximum absolute atomic E-state index is 13.2. The van der Waals surface area contributed by atoms with Crippen LogP contribution < -0.4 is 4.90 Å². The second kappa shape index (κ2) is 9.58. The standard InChI is InChI=1S/C25H29FN4O2/c1-18-14-20(19(2)30(18)17-24-4-3-13-32-24)15-21(16-27)25(31)29-11-9-28(10-12-29)23-7-5-22(26)6-8-23/h5-8,14-15,24H,3-4,9-13,17H2,1-2H3/b21-15+. The Labute approximate surface area is 188 Å². The minimum absolute atomic E-state index is 0.151. The molecule has 4 rings (SSSR count). The Morgan fingerprint density at radius 2 is 1.94 bits per heavy atom. The first-order chi connectivity index (χ1) is 15.5. The molecule has 32 heavy (non-hydrogen) atoms. The van der Waals surface area contributed by atoms with E-state index in [2.05, 4.69) is 15.5 Å². The fourth-order valence-corrected chi connectivity index (χ4v) is 4.53. The molecule has 0 spiro atoms. The van der Waals surface area contributed by atoms with Crippen molar-refractivity contribution in [2.45, 2.75) is 39.3 Å². The van der Waals surface area contributed by atoms with Crippen molar-refractivity contribution in [3.8, 4) is 6.07 Å². The van der Waals surface area contributed by atoms with Crippen molar-refractivity contribution in [2.75, 3.05) is 37.7 Å². The topological polar surface area (TPSA) is 61.5 Å². The van der Waals surface area contributed by atoms with Crippen molar-refractivity contribution in [1.29, 1.82) is 5.26 Å². The van der Waals surface area contributed by atoms with Crippen LogP contribution in [-0.4, -0.2) is 54.3 Å². The molecule has 168 valence electrons. The summed E-state index contributed by atoms with van der Waals surface area (Å²) in [5.41, 5.74) is 4.13. The molecule has 0 radical (unpaired) electrons. The van der Waals surface area contributed by atoms with Gasteiger partial charge in [0.15, 0.2) is 0 Å². The van der Waals surface area contributed by atoms with Gasteiger partial charge >= 0.3 is 0 Å². The average Bonchev–Trinajstić information content (AvgIpc) is 3.41. The van der Waals surface area contributed by atoms with Crippen LogP contribution in [0.2, 0.25) is 0 Å². The van der Waals surface area contributed by atoms with E-state index in [0.29, 0.717) is 26.2 Å². The summed E-state index contributed by atoms with van der Waals surface area (Å²) in [4.78, 5) is 16.9. The summed E-state index contributed by atoms with van der Waals surface area (Å²) >= 11 is 0. The zero-order valence-electron chi connectivity index (χ0n) is 18.7. The van der Waals surface area contributed by atoms with Crippen LogP contribution in [0, 0.1) is 31.0 Å². The molecule has 0 bridgehead atoms. The predicted molar refractivity (Wildman–Crippen MR) is 122 cm³/mol. The number of hydrogen-bond acceptors (Lipinski definition) is 4. The Hall–Kier alpha value is -3.11. The number of amides is 1. The fraction of sp³-hybridized carbons (Fsp3) is 0.440. The van der Waals surface area contributed by atoms with Gasteiger partial charge in [-0.15, -0.1) is 0 Å². The highest BCUT2D eigenvalue weighted by atomic mass is 19.1. The van der Waals surface area contributed by atoms with E-state index in [0.717, 1.165) is 48.6 Å². The van der Waals surface area contributed by atoms with Crippen molar-refractivity contribution < 1.29 is 13.9 Å². The molecule has 6 nitrogen and oxygen atoms in total. The lowest BCUT2D eigenvalue weighted by Crippen LogP contribution is -2.49. The van der Waals surface area contributed by atoms with Gasteiger partial charge in [-0.05, 0) is 68.7 Å². The van der Waals surface area contributed by atoms with E-state index in [9.17, 15) is 14.4 Å². The predicted octanol–water partition coefficient (Wildman–Crippen LogP) is 3.68. The van der Waals surface area contributed by atoms with Gasteiger partial charge in [0, 0.05) is 56.4 Å². The molecule has 1 amide bonds. The van der Waals surface area contributed by atoms with E-state index in [1.54, 1.807) is 23.1 Å². The van der Waals surface area contributed by atoms with Gasteiger partial charge in [-0.25, -0.2) is 4.39 Å². The highest BCUT2D eigenvalue weighted by Crippen LogP contribution is 2.23. The van der Waals surface area contributed by atoms with Crippen molar-refractivity contribution in [3.63, 3.8) is 0 Å². The van der Waals surface area contributed by atoms with E-state index >= 15 is 0 Å². The minimum Gasteiger partial charge on any atom is -0.376 e. The average molecular weight is 437 g/mol. The van der Waals surface area contributed by atoms with Crippen LogP contribution in [0.1, 0.15) is 29.8 Å². The Bertz CT molecular complexity index is 1040. The zero-order valence-corrected chi connectivity index (χ0v) is 18.7. The molecule has 0 aliphatic carbocycles. The lowest BCUT2D eigenvalue weighted by atomic mass is 10.1. The lowest BCUT2D eigenvalue weighted by molar-refractivity contribution is -0.126. The highest BCUT2D eigenvalue weighted by molar-refractivity contribution is 6.02. The van der Waals surface area contributed by atoms with Gasteiger partial charge in [0.25, 0.3) is 5.91 Å². The van der Waals surface area contributed by atoms with Crippen LogP contribution in [0.5, 0.6) is 0 Å². The lowest BCUT2D eigenvalue weighted by Gasteiger charge is -2.36. The fourth-order valence-electron chi connectivity index (χ4n) is 4.53. The molecule has 1 aromatic carbocycles. The van der Waals surface area contributed by atoms with Crippen molar-refractivity contribution in [1.82, 2.24) is 9.47 Å². The number of nitrogens with zero attached hydrogens (tertiary/aromatic N) is 4. The third-order valence-electron chi connectivity index (χ3n) is 6.43. The number of aromatic nitrogens is 1. The number of rotatable bonds is 5. The van der Waals surface area contributed by atoms with Crippen molar-refractivity contribution in [2.24, 2.45) is 0 Å². The van der Waals surface area contributed by atoms with Gasteiger partial charge in [-0.2, -0.15) is 5.26 Å². The van der Waals surface area contributed by atoms with Crippen LogP contribution in [0.3, 0.4) is 0 Å². The van der Waals surface area contributed by atoms with Gasteiger partial charge in [0.05, 0.1) is 6.10 Å². The first kappa shape index (κ1) is 22.1. The number of benzene rings is 1. The molecule has 1 aromatic heterocycles. The first-order valence-electron chi connectivity index (χ1n) is 11.2. The smallest absolute Gasteiger partial charge is 0.264 e. The monoisotopic (exact) mass is 436 g/mol. The van der Waals surface area contributed by atoms with Gasteiger partial charge in [0.1, 0.15) is 17.5 Å². The first-order valence-corrected chi connectivity index (χ1v) is 11.2. The molecular weight excluding hydrogens is 407 g/mol. The van der Waals surface area contributed by atoms with Gasteiger partial charge in [-0.3, -0.25) is 4.79 Å². The largest absolute Gasteiger partial charge is 0.376 e. The second-order valence-electron chi connectivity index (χ2n) is 8.50. The molecular formula is C25H29FN4O2. The Morgan fingerprint density at radius 1 is 1.22 bits per heavy atom. The molecule has 1 unspecified atom stereocenters. The molecule has 0 N–H and O–H groups in total. The summed E-state index contributed by atoms with van der Waals surface area (Å²) in [5.74, 6) is -0.503. The van der Waals surface area contributed by atoms with E-state index in [-0.39, 0.29) is 23.4 Å². The van der Waals surface area contributed by atoms with Crippen LogP contribution in [0.25, 0.3) is 6.08 Å². The summed E-state index contributed by atoms with van der Waals surface area (Å²) in [6.07, 6.45) is 4.10. The van der Waals surface area contributed by atoms with E-state index < -0.39 is 0 Å². The molecule has 2 saturated heterocycles. The van der Waals surface area contributed by atoms with Gasteiger partial charge < -0.3 is 19.1 Å². The van der Waals surface area contributed by atoms with Crippen molar-refractivity contribution in [3.05, 3.63) is 58.7 Å². The third kappa shape index (κ3) is 4.71. The maximum Gasteiger partial charge on any atom is 0.264 e. The van der Waals surface area contributed by atoms with Crippen molar-refractivity contribution >= 4 is 17.7 Å². The molecule has 2 aliphatic rings. The van der Waals surface area contributed by atoms with Crippen LogP contribution >= 0.6 is 0 Å². The highest BCUT2D eigenvalue weighted by Gasteiger charge is 2.25. The molecule has 1 atom stereocenters. The molecule has 7 heteroatoms. The van der Waals surface area contributed by atoms with Crippen LogP contribution in [-0.2, 0) is 16.1 Å². The number of halogens is 1. The summed E-state index contributed by atoms with van der Waals surface area (Å²) in [6, 6.07) is 10.5. The van der Waals surface area contributed by atoms with E-state index in [1.807, 2.05) is 19.9 Å². The van der Waals surface area contributed by atoms with Gasteiger partial charge in [-0.1, -0.05) is 0 Å². The number of carbonyl (C=O) groups is 1. The molecule has 2 aliphatic heterocycles. The summed E-state index contributed by atoms with van der Waals surface area (Å²) in [7, 11) is 0. The molecule has 2 fully saturated rings. The SMILES string of the molecule is Cc1cc(/C=C(\C#N)C(=O)N2CCN(c3ccc(F)cc3)CC2)c(C)n1CC1CCCO1. The minimum atomic E-state index is -0.263. The maximum atomic E-state index is 13.2. The van der Waals surface area contributed by atoms with E-state index in [1.165, 1.54) is 12.1 Å². The summed E-state index contributed by atoms with van der Waals surface area (Å²) in [5, 5.41) is 9.70. The Kier molecular flexibility index (Phi) is 6.61. The second-order valence-corrected chi connectivity index (χ2v) is 8.50. The number of aryl methyl sites for hydroxylation is 1. The van der Waals surface area contributed by atoms with E-state index in [4.69, 9.17) is 4.74 Å². The number of hydrogen-bond donors (Lipinski definition) is 0. The normalized spacial score (nSPS) is 19.3. The Balaban J connectivity index is 1.44. The number of piperazine rings is 1. The van der Waals surface area contributed by atoms with Gasteiger partial charge in [0.2, 0.25) is 0 Å².